The average Bonchev–Trinajstić information content (AvgIpc) is 3.06. The van der Waals surface area contributed by atoms with Crippen LogP contribution in [0.4, 0.5) is 0 Å². The van der Waals surface area contributed by atoms with Crippen molar-refractivity contribution in [2.75, 3.05) is 0 Å². The smallest absolute Gasteiger partial charge is 0.326 e. The lowest BCUT2D eigenvalue weighted by Crippen LogP contribution is -2.41. The third-order valence-electron chi connectivity index (χ3n) is 3.12. The van der Waals surface area contributed by atoms with E-state index in [1.807, 2.05) is 30.3 Å². The van der Waals surface area contributed by atoms with Crippen LogP contribution in [0.2, 0.25) is 0 Å². The standard InChI is InChI=1S/C13H15NO3/c1-8(15)14-12(13(16)17)11-7-10(11)9-5-3-2-4-6-9/h2-6,10-12H,7H2,1H3,(H,14,15)(H,16,17). The summed E-state index contributed by atoms with van der Waals surface area (Å²) in [5.41, 5.74) is 1.15. The van der Waals surface area contributed by atoms with E-state index in [1.165, 1.54) is 6.92 Å². The van der Waals surface area contributed by atoms with Crippen LogP contribution in [0.3, 0.4) is 0 Å². The molecule has 2 rings (SSSR count). The Morgan fingerprint density at radius 1 is 1.35 bits per heavy atom. The van der Waals surface area contributed by atoms with Crippen molar-refractivity contribution in [3.05, 3.63) is 35.9 Å². The van der Waals surface area contributed by atoms with E-state index in [1.54, 1.807) is 0 Å². The molecule has 0 spiro atoms. The summed E-state index contributed by atoms with van der Waals surface area (Å²) in [4.78, 5) is 22.0. The van der Waals surface area contributed by atoms with Crippen LogP contribution in [-0.2, 0) is 9.59 Å². The number of hydrogen-bond donors (Lipinski definition) is 2. The molecule has 90 valence electrons. The Balaban J connectivity index is 2.05. The number of carbonyl (C=O) groups excluding carboxylic acids is 1. The van der Waals surface area contributed by atoms with Gasteiger partial charge in [0.2, 0.25) is 5.91 Å². The van der Waals surface area contributed by atoms with Crippen molar-refractivity contribution in [3.8, 4) is 0 Å². The quantitative estimate of drug-likeness (QED) is 0.825. The van der Waals surface area contributed by atoms with Crippen LogP contribution in [0.5, 0.6) is 0 Å². The first-order valence-electron chi connectivity index (χ1n) is 5.64. The van der Waals surface area contributed by atoms with E-state index in [2.05, 4.69) is 5.32 Å². The number of benzene rings is 1. The minimum Gasteiger partial charge on any atom is -0.480 e. The zero-order chi connectivity index (χ0) is 12.4. The SMILES string of the molecule is CC(=O)NC(C(=O)O)C1CC1c1ccccc1. The molecule has 17 heavy (non-hydrogen) atoms. The van der Waals surface area contributed by atoms with Gasteiger partial charge in [-0.05, 0) is 23.8 Å². The highest BCUT2D eigenvalue weighted by Crippen LogP contribution is 2.49. The Morgan fingerprint density at radius 2 is 2.00 bits per heavy atom. The molecule has 1 aromatic rings. The summed E-state index contributed by atoms with van der Waals surface area (Å²) < 4.78 is 0. The summed E-state index contributed by atoms with van der Waals surface area (Å²) in [7, 11) is 0. The molecule has 2 N–H and O–H groups in total. The van der Waals surface area contributed by atoms with Gasteiger partial charge in [-0.3, -0.25) is 4.79 Å². The normalized spacial score (nSPS) is 23.8. The molecule has 1 aromatic carbocycles. The highest BCUT2D eigenvalue weighted by atomic mass is 16.4. The van der Waals surface area contributed by atoms with Crippen molar-refractivity contribution < 1.29 is 14.7 Å². The highest BCUT2D eigenvalue weighted by Gasteiger charge is 2.47. The Hall–Kier alpha value is -1.84. The molecule has 3 unspecified atom stereocenters. The second-order valence-corrected chi connectivity index (χ2v) is 4.43. The molecular weight excluding hydrogens is 218 g/mol. The van der Waals surface area contributed by atoms with E-state index in [0.717, 1.165) is 12.0 Å². The van der Waals surface area contributed by atoms with Crippen LogP contribution in [0.15, 0.2) is 30.3 Å². The molecule has 0 aromatic heterocycles. The molecular formula is C13H15NO3. The molecule has 0 heterocycles. The number of carboxylic acid groups (broad SMARTS) is 1. The monoisotopic (exact) mass is 233 g/mol. The maximum Gasteiger partial charge on any atom is 0.326 e. The van der Waals surface area contributed by atoms with Crippen LogP contribution < -0.4 is 5.32 Å². The number of nitrogens with one attached hydrogen (secondary N) is 1. The van der Waals surface area contributed by atoms with E-state index in [-0.39, 0.29) is 17.7 Å². The van der Waals surface area contributed by atoms with Crippen molar-refractivity contribution in [1.29, 1.82) is 0 Å². The van der Waals surface area contributed by atoms with E-state index >= 15 is 0 Å². The molecule has 4 nitrogen and oxygen atoms in total. The summed E-state index contributed by atoms with van der Waals surface area (Å²) in [6, 6.07) is 9.05. The zero-order valence-electron chi connectivity index (χ0n) is 9.59. The van der Waals surface area contributed by atoms with Gasteiger partial charge >= 0.3 is 5.97 Å². The molecule has 1 amide bonds. The van der Waals surface area contributed by atoms with E-state index in [9.17, 15) is 9.59 Å². The van der Waals surface area contributed by atoms with Gasteiger partial charge in [-0.1, -0.05) is 30.3 Å². The van der Waals surface area contributed by atoms with Crippen LogP contribution in [0, 0.1) is 5.92 Å². The van der Waals surface area contributed by atoms with Crippen LogP contribution in [0.25, 0.3) is 0 Å². The van der Waals surface area contributed by atoms with E-state index < -0.39 is 12.0 Å². The lowest BCUT2D eigenvalue weighted by Gasteiger charge is -2.12. The number of hydrogen-bond acceptors (Lipinski definition) is 2. The van der Waals surface area contributed by atoms with Gasteiger partial charge in [0.05, 0.1) is 0 Å². The van der Waals surface area contributed by atoms with Gasteiger partial charge in [-0.2, -0.15) is 0 Å². The molecule has 3 atom stereocenters. The van der Waals surface area contributed by atoms with Crippen LogP contribution in [-0.4, -0.2) is 23.0 Å². The largest absolute Gasteiger partial charge is 0.480 e. The third-order valence-corrected chi connectivity index (χ3v) is 3.12. The predicted molar refractivity (Wildman–Crippen MR) is 62.5 cm³/mol. The first-order chi connectivity index (χ1) is 8.09. The fraction of sp³-hybridized carbons (Fsp3) is 0.385. The summed E-state index contributed by atoms with van der Waals surface area (Å²) >= 11 is 0. The van der Waals surface area contributed by atoms with Crippen molar-refractivity contribution in [1.82, 2.24) is 5.32 Å². The van der Waals surface area contributed by atoms with Crippen molar-refractivity contribution in [3.63, 3.8) is 0 Å². The van der Waals surface area contributed by atoms with Gasteiger partial charge in [0, 0.05) is 6.92 Å². The molecule has 1 aliphatic carbocycles. The van der Waals surface area contributed by atoms with Gasteiger partial charge in [0.25, 0.3) is 0 Å². The average molecular weight is 233 g/mol. The first-order valence-corrected chi connectivity index (χ1v) is 5.64. The van der Waals surface area contributed by atoms with E-state index in [0.29, 0.717) is 0 Å². The topological polar surface area (TPSA) is 66.4 Å². The van der Waals surface area contributed by atoms with Gasteiger partial charge in [-0.25, -0.2) is 4.79 Å². The fourth-order valence-corrected chi connectivity index (χ4v) is 2.24. The number of aliphatic carboxylic acids is 1. The number of carbonyl (C=O) groups is 2. The van der Waals surface area contributed by atoms with Crippen molar-refractivity contribution in [2.45, 2.75) is 25.3 Å². The number of amides is 1. The molecule has 1 aliphatic rings. The lowest BCUT2D eigenvalue weighted by atomic mass is 10.1. The lowest BCUT2D eigenvalue weighted by molar-refractivity contribution is -0.142. The molecule has 0 saturated heterocycles. The van der Waals surface area contributed by atoms with Crippen LogP contribution >= 0.6 is 0 Å². The molecule has 4 heteroatoms. The summed E-state index contributed by atoms with van der Waals surface area (Å²) in [6.07, 6.45) is 0.821. The van der Waals surface area contributed by atoms with Crippen molar-refractivity contribution in [2.24, 2.45) is 5.92 Å². The molecule has 0 aliphatic heterocycles. The fourth-order valence-electron chi connectivity index (χ4n) is 2.24. The zero-order valence-corrected chi connectivity index (χ0v) is 9.59. The molecule has 1 fully saturated rings. The Labute approximate surface area is 99.6 Å². The highest BCUT2D eigenvalue weighted by molar-refractivity contribution is 5.82. The van der Waals surface area contributed by atoms with Crippen LogP contribution in [0.1, 0.15) is 24.8 Å². The van der Waals surface area contributed by atoms with Gasteiger partial charge in [0.1, 0.15) is 6.04 Å². The number of carboxylic acids is 1. The van der Waals surface area contributed by atoms with E-state index in [4.69, 9.17) is 5.11 Å². The Kier molecular flexibility index (Phi) is 3.13. The van der Waals surface area contributed by atoms with Crippen molar-refractivity contribution >= 4 is 11.9 Å². The summed E-state index contributed by atoms with van der Waals surface area (Å²) in [5.74, 6) is -0.984. The minimum atomic E-state index is -0.955. The minimum absolute atomic E-state index is 0.0128. The summed E-state index contributed by atoms with van der Waals surface area (Å²) in [6.45, 7) is 1.34. The molecule has 1 saturated carbocycles. The third kappa shape index (κ3) is 2.64. The predicted octanol–water partition coefficient (Wildman–Crippen LogP) is 1.38. The Bertz CT molecular complexity index is 430. The maximum absolute atomic E-state index is 11.1. The Morgan fingerprint density at radius 3 is 2.53 bits per heavy atom. The first kappa shape index (κ1) is 11.6. The molecule has 0 radical (unpaired) electrons. The van der Waals surface area contributed by atoms with Gasteiger partial charge in [-0.15, -0.1) is 0 Å². The second kappa shape index (κ2) is 4.57. The maximum atomic E-state index is 11.1. The van der Waals surface area contributed by atoms with Gasteiger partial charge in [0.15, 0.2) is 0 Å². The summed E-state index contributed by atoms with van der Waals surface area (Å²) in [5, 5.41) is 11.6. The number of rotatable bonds is 4. The molecule has 0 bridgehead atoms. The second-order valence-electron chi connectivity index (χ2n) is 4.43. The van der Waals surface area contributed by atoms with Gasteiger partial charge < -0.3 is 10.4 Å².